The molecule has 1 aliphatic rings. The van der Waals surface area contributed by atoms with E-state index in [2.05, 4.69) is 0 Å². The lowest BCUT2D eigenvalue weighted by atomic mass is 10.2. The Morgan fingerprint density at radius 2 is 2.10 bits per heavy atom. The molecule has 0 spiro atoms. The Morgan fingerprint density at radius 3 is 2.30 bits per heavy atom. The Morgan fingerprint density at radius 1 is 1.50 bits per heavy atom. The lowest BCUT2D eigenvalue weighted by molar-refractivity contribution is 0.586. The molecule has 0 aromatic heterocycles. The maximum atomic E-state index is 11.0. The van der Waals surface area contributed by atoms with Gasteiger partial charge < -0.3 is 0 Å². The summed E-state index contributed by atoms with van der Waals surface area (Å²) >= 11 is 0. The average molecular weight is 168 g/mol. The van der Waals surface area contributed by atoms with Gasteiger partial charge in [0.2, 0.25) is 0 Å². The highest BCUT2D eigenvalue weighted by molar-refractivity contribution is 7.92. The zero-order chi connectivity index (χ0) is 6.91. The molecule has 0 radical (unpaired) electrons. The van der Waals surface area contributed by atoms with Crippen LogP contribution in [0.1, 0.15) is 26.2 Å². The van der Waals surface area contributed by atoms with Gasteiger partial charge in [-0.05, 0) is 19.3 Å². The van der Waals surface area contributed by atoms with Crippen molar-refractivity contribution < 1.29 is 13.1 Å². The summed E-state index contributed by atoms with van der Waals surface area (Å²) in [7, 11) is -2.64. The number of rotatable bonds is 1. The highest BCUT2D eigenvalue weighted by Gasteiger charge is 2.28. The Hall–Kier alpha value is -0.120. The highest BCUT2D eigenvalue weighted by Crippen LogP contribution is 2.21. The molecule has 4 heteroatoms. The summed E-state index contributed by atoms with van der Waals surface area (Å²) < 4.78 is 22.0. The summed E-state index contributed by atoms with van der Waals surface area (Å²) in [5, 5.41) is -0.0162. The van der Waals surface area contributed by atoms with Crippen molar-refractivity contribution in [1.82, 2.24) is 0 Å². The summed E-state index contributed by atoms with van der Waals surface area (Å²) in [5.41, 5.74) is 0. The molecule has 1 unspecified atom stereocenters. The molecule has 1 heterocycles. The highest BCUT2D eigenvalue weighted by atomic mass is 32.2. The topological polar surface area (TPSA) is 34.1 Å². The van der Waals surface area contributed by atoms with E-state index in [-0.39, 0.29) is 9.95 Å². The summed E-state index contributed by atoms with van der Waals surface area (Å²) in [5.74, 6) is 0.422. The van der Waals surface area contributed by atoms with Crippen LogP contribution in [0.5, 0.6) is 0 Å². The van der Waals surface area contributed by atoms with Crippen molar-refractivity contribution in [2.24, 2.45) is 0 Å². The minimum atomic E-state index is -2.64. The number of hydrogen-bond donors (Lipinski definition) is 0. The number of halogens is 1. The Bertz CT molecular complexity index is 186. The van der Waals surface area contributed by atoms with Crippen LogP contribution >= 0.6 is 0 Å². The molecule has 0 saturated carbocycles. The standard InChI is InChI=1S/C6H12O2S.FH/c1-2-6-4-3-5-9(6,7)8;/h6H,2-5H2,1H3;1H. The molecule has 0 amide bonds. The van der Waals surface area contributed by atoms with Crippen LogP contribution < -0.4 is 0 Å². The van der Waals surface area contributed by atoms with Gasteiger partial charge in [0, 0.05) is 0 Å². The first-order valence-electron chi connectivity index (χ1n) is 3.38. The van der Waals surface area contributed by atoms with Crippen LogP contribution in [0.2, 0.25) is 0 Å². The van der Waals surface area contributed by atoms with Crippen LogP contribution in [-0.2, 0) is 9.84 Å². The molecular weight excluding hydrogens is 155 g/mol. The van der Waals surface area contributed by atoms with Crippen molar-refractivity contribution in [3.63, 3.8) is 0 Å². The van der Waals surface area contributed by atoms with Crippen molar-refractivity contribution in [1.29, 1.82) is 0 Å². The van der Waals surface area contributed by atoms with Crippen molar-refractivity contribution in [3.05, 3.63) is 0 Å². The molecular formula is C6H13FO2S. The van der Waals surface area contributed by atoms with Gasteiger partial charge in [-0.3, -0.25) is 4.70 Å². The van der Waals surface area contributed by atoms with Crippen LogP contribution in [0.15, 0.2) is 0 Å². The molecule has 2 nitrogen and oxygen atoms in total. The van der Waals surface area contributed by atoms with Crippen molar-refractivity contribution >= 4 is 9.84 Å². The molecule has 1 atom stereocenters. The van der Waals surface area contributed by atoms with Gasteiger partial charge in [-0.2, -0.15) is 0 Å². The SMILES string of the molecule is CCC1CCCS1(=O)=O.F. The van der Waals surface area contributed by atoms with E-state index < -0.39 is 9.84 Å². The first-order chi connectivity index (χ1) is 4.17. The molecule has 0 bridgehead atoms. The minimum absolute atomic E-state index is 0. The maximum absolute atomic E-state index is 11.0. The summed E-state index contributed by atoms with van der Waals surface area (Å²) in [6.07, 6.45) is 2.56. The van der Waals surface area contributed by atoms with Crippen molar-refractivity contribution in [2.75, 3.05) is 5.75 Å². The normalized spacial score (nSPS) is 29.5. The van der Waals surface area contributed by atoms with Gasteiger partial charge in [-0.15, -0.1) is 0 Å². The largest absolute Gasteiger partial charge is 0.269 e. The third-order valence-corrected chi connectivity index (χ3v) is 4.36. The predicted octanol–water partition coefficient (Wildman–Crippen LogP) is 1.13. The summed E-state index contributed by atoms with van der Waals surface area (Å²) in [6.45, 7) is 1.94. The van der Waals surface area contributed by atoms with Crippen LogP contribution in [-0.4, -0.2) is 19.4 Å². The molecule has 1 rings (SSSR count). The van der Waals surface area contributed by atoms with Gasteiger partial charge in [-0.1, -0.05) is 6.92 Å². The van der Waals surface area contributed by atoms with E-state index in [0.717, 1.165) is 19.3 Å². The molecule has 62 valence electrons. The molecule has 10 heavy (non-hydrogen) atoms. The van der Waals surface area contributed by atoms with Crippen molar-refractivity contribution in [3.8, 4) is 0 Å². The maximum Gasteiger partial charge on any atom is 0.153 e. The van der Waals surface area contributed by atoms with E-state index in [4.69, 9.17) is 0 Å². The van der Waals surface area contributed by atoms with Crippen LogP contribution in [0.25, 0.3) is 0 Å². The quantitative estimate of drug-likeness (QED) is 0.588. The van der Waals surface area contributed by atoms with E-state index in [1.54, 1.807) is 0 Å². The third kappa shape index (κ3) is 1.68. The fraction of sp³-hybridized carbons (Fsp3) is 1.00. The third-order valence-electron chi connectivity index (χ3n) is 1.92. The van der Waals surface area contributed by atoms with Crippen LogP contribution in [0.4, 0.5) is 4.70 Å². The van der Waals surface area contributed by atoms with E-state index >= 15 is 0 Å². The van der Waals surface area contributed by atoms with E-state index in [1.165, 1.54) is 0 Å². The first kappa shape index (κ1) is 9.88. The van der Waals surface area contributed by atoms with Gasteiger partial charge >= 0.3 is 0 Å². The lowest BCUT2D eigenvalue weighted by Gasteiger charge is -2.02. The van der Waals surface area contributed by atoms with Gasteiger partial charge in [-0.25, -0.2) is 8.42 Å². The van der Waals surface area contributed by atoms with Gasteiger partial charge in [0.1, 0.15) is 0 Å². The molecule has 1 aliphatic heterocycles. The van der Waals surface area contributed by atoms with Gasteiger partial charge in [0.15, 0.2) is 9.84 Å². The van der Waals surface area contributed by atoms with Gasteiger partial charge in [0.25, 0.3) is 0 Å². The molecule has 0 aromatic rings. The molecule has 1 fully saturated rings. The van der Waals surface area contributed by atoms with E-state index in [9.17, 15) is 8.42 Å². The zero-order valence-corrected chi connectivity index (χ0v) is 6.86. The Balaban J connectivity index is 0.000000810. The number of hydrogen-bond acceptors (Lipinski definition) is 2. The van der Waals surface area contributed by atoms with Crippen molar-refractivity contribution in [2.45, 2.75) is 31.4 Å². The average Bonchev–Trinajstić information content (AvgIpc) is 2.08. The second-order valence-electron chi connectivity index (χ2n) is 2.54. The Kier molecular flexibility index (Phi) is 3.28. The fourth-order valence-corrected chi connectivity index (χ4v) is 3.25. The first-order valence-corrected chi connectivity index (χ1v) is 5.10. The zero-order valence-electron chi connectivity index (χ0n) is 6.04. The predicted molar refractivity (Wildman–Crippen MR) is 39.6 cm³/mol. The molecule has 0 N–H and O–H groups in total. The van der Waals surface area contributed by atoms with E-state index in [1.807, 2.05) is 6.92 Å². The summed E-state index contributed by atoms with van der Waals surface area (Å²) in [6, 6.07) is 0. The van der Waals surface area contributed by atoms with Crippen LogP contribution in [0.3, 0.4) is 0 Å². The minimum Gasteiger partial charge on any atom is -0.269 e. The Labute approximate surface area is 60.9 Å². The number of sulfone groups is 1. The van der Waals surface area contributed by atoms with Crippen LogP contribution in [0, 0.1) is 0 Å². The second-order valence-corrected chi connectivity index (χ2v) is 4.94. The fourth-order valence-electron chi connectivity index (χ4n) is 1.32. The lowest BCUT2D eigenvalue weighted by Crippen LogP contribution is -2.13. The molecule has 0 aromatic carbocycles. The van der Waals surface area contributed by atoms with Gasteiger partial charge in [0.05, 0.1) is 11.0 Å². The second kappa shape index (κ2) is 3.32. The summed E-state index contributed by atoms with van der Waals surface area (Å²) in [4.78, 5) is 0. The molecule has 0 aliphatic carbocycles. The smallest absolute Gasteiger partial charge is 0.153 e. The molecule has 1 saturated heterocycles. The monoisotopic (exact) mass is 168 g/mol. The van der Waals surface area contributed by atoms with E-state index in [0.29, 0.717) is 5.75 Å².